The maximum absolute atomic E-state index is 10.5. The number of aliphatic hydroxyl groups excluding tert-OH is 1. The SMILES string of the molecule is OC(CC1COCCN1C1CCCC1)c1ccccc1. The van der Waals surface area contributed by atoms with Crippen LogP contribution in [0.4, 0.5) is 0 Å². The molecule has 2 fully saturated rings. The molecule has 0 bridgehead atoms. The van der Waals surface area contributed by atoms with Gasteiger partial charge in [-0.15, -0.1) is 0 Å². The highest BCUT2D eigenvalue weighted by molar-refractivity contribution is 5.17. The molecule has 0 spiro atoms. The van der Waals surface area contributed by atoms with Gasteiger partial charge in [0.25, 0.3) is 0 Å². The molecule has 1 aliphatic carbocycles. The standard InChI is InChI=1S/C17H25NO2/c19-17(14-6-2-1-3-7-14)12-16-13-20-11-10-18(16)15-8-4-5-9-15/h1-3,6-7,15-17,19H,4-5,8-13H2. The second kappa shape index (κ2) is 6.70. The second-order valence-electron chi connectivity index (χ2n) is 6.07. The first-order valence-corrected chi connectivity index (χ1v) is 7.91. The second-order valence-corrected chi connectivity index (χ2v) is 6.07. The highest BCUT2D eigenvalue weighted by Gasteiger charge is 2.32. The zero-order valence-corrected chi connectivity index (χ0v) is 12.1. The Balaban J connectivity index is 1.64. The summed E-state index contributed by atoms with van der Waals surface area (Å²) in [6, 6.07) is 11.1. The minimum atomic E-state index is -0.383. The minimum absolute atomic E-state index is 0.363. The molecule has 0 radical (unpaired) electrons. The van der Waals surface area contributed by atoms with Crippen molar-refractivity contribution in [3.05, 3.63) is 35.9 Å². The highest BCUT2D eigenvalue weighted by Crippen LogP contribution is 2.30. The van der Waals surface area contributed by atoms with Gasteiger partial charge in [-0.1, -0.05) is 43.2 Å². The Hall–Kier alpha value is -0.900. The Bertz CT molecular complexity index is 403. The van der Waals surface area contributed by atoms with Crippen molar-refractivity contribution in [2.75, 3.05) is 19.8 Å². The lowest BCUT2D eigenvalue weighted by molar-refractivity contribution is -0.0443. The fraction of sp³-hybridized carbons (Fsp3) is 0.647. The number of rotatable bonds is 4. The molecule has 20 heavy (non-hydrogen) atoms. The van der Waals surface area contributed by atoms with Crippen LogP contribution in [0.2, 0.25) is 0 Å². The van der Waals surface area contributed by atoms with E-state index in [1.165, 1.54) is 25.7 Å². The first kappa shape index (κ1) is 14.1. The molecule has 1 aromatic rings. The summed E-state index contributed by atoms with van der Waals surface area (Å²) in [5.41, 5.74) is 1.02. The first-order chi connectivity index (χ1) is 9.84. The number of benzene rings is 1. The normalized spacial score (nSPS) is 26.8. The molecule has 1 saturated heterocycles. The van der Waals surface area contributed by atoms with Gasteiger partial charge in [-0.2, -0.15) is 0 Å². The van der Waals surface area contributed by atoms with Gasteiger partial charge in [-0.3, -0.25) is 4.90 Å². The van der Waals surface area contributed by atoms with Crippen LogP contribution in [0, 0.1) is 0 Å². The van der Waals surface area contributed by atoms with Crippen LogP contribution in [0.1, 0.15) is 43.8 Å². The van der Waals surface area contributed by atoms with Gasteiger partial charge in [0.2, 0.25) is 0 Å². The van der Waals surface area contributed by atoms with E-state index >= 15 is 0 Å². The predicted octanol–water partition coefficient (Wildman–Crippen LogP) is 2.75. The molecule has 1 saturated carbocycles. The molecule has 3 nitrogen and oxygen atoms in total. The fourth-order valence-electron chi connectivity index (χ4n) is 3.66. The van der Waals surface area contributed by atoms with Crippen LogP contribution in [0.5, 0.6) is 0 Å². The summed E-state index contributed by atoms with van der Waals surface area (Å²) in [4.78, 5) is 2.60. The van der Waals surface area contributed by atoms with Crippen molar-refractivity contribution in [3.8, 4) is 0 Å². The highest BCUT2D eigenvalue weighted by atomic mass is 16.5. The van der Waals surface area contributed by atoms with Crippen LogP contribution >= 0.6 is 0 Å². The number of morpholine rings is 1. The molecule has 2 atom stereocenters. The fourth-order valence-corrected chi connectivity index (χ4v) is 3.66. The van der Waals surface area contributed by atoms with Crippen LogP contribution in [0.25, 0.3) is 0 Å². The smallest absolute Gasteiger partial charge is 0.0805 e. The zero-order chi connectivity index (χ0) is 13.8. The summed E-state index contributed by atoms with van der Waals surface area (Å²) in [6.45, 7) is 2.63. The van der Waals surface area contributed by atoms with Crippen molar-refractivity contribution in [2.24, 2.45) is 0 Å². The summed E-state index contributed by atoms with van der Waals surface area (Å²) in [7, 11) is 0. The van der Waals surface area contributed by atoms with Gasteiger partial charge in [0, 0.05) is 18.6 Å². The van der Waals surface area contributed by atoms with Crippen LogP contribution in [-0.2, 0) is 4.74 Å². The Morgan fingerprint density at radius 3 is 2.70 bits per heavy atom. The van der Waals surface area contributed by atoms with Crippen molar-refractivity contribution < 1.29 is 9.84 Å². The van der Waals surface area contributed by atoms with Crippen molar-refractivity contribution in [3.63, 3.8) is 0 Å². The number of ether oxygens (including phenoxy) is 1. The van der Waals surface area contributed by atoms with Crippen molar-refractivity contribution >= 4 is 0 Å². The summed E-state index contributed by atoms with van der Waals surface area (Å²) < 4.78 is 5.66. The van der Waals surface area contributed by atoms with Crippen LogP contribution < -0.4 is 0 Å². The van der Waals surface area contributed by atoms with E-state index in [1.54, 1.807) is 0 Å². The van der Waals surface area contributed by atoms with E-state index in [2.05, 4.69) is 4.90 Å². The maximum Gasteiger partial charge on any atom is 0.0805 e. The summed E-state index contributed by atoms with van der Waals surface area (Å²) in [6.07, 6.45) is 5.74. The average Bonchev–Trinajstić information content (AvgIpc) is 3.03. The molecule has 3 rings (SSSR count). The molecule has 0 aromatic heterocycles. The molecule has 1 aliphatic heterocycles. The lowest BCUT2D eigenvalue weighted by Crippen LogP contribution is -2.50. The largest absolute Gasteiger partial charge is 0.388 e. The van der Waals surface area contributed by atoms with E-state index < -0.39 is 0 Å². The molecule has 2 unspecified atom stereocenters. The lowest BCUT2D eigenvalue weighted by Gasteiger charge is -2.40. The zero-order valence-electron chi connectivity index (χ0n) is 12.1. The molecular weight excluding hydrogens is 250 g/mol. The van der Waals surface area contributed by atoms with E-state index in [4.69, 9.17) is 4.74 Å². The van der Waals surface area contributed by atoms with Gasteiger partial charge in [0.15, 0.2) is 0 Å². The van der Waals surface area contributed by atoms with Crippen LogP contribution in [0.15, 0.2) is 30.3 Å². The third-order valence-electron chi connectivity index (χ3n) is 4.75. The van der Waals surface area contributed by atoms with Gasteiger partial charge < -0.3 is 9.84 Å². The van der Waals surface area contributed by atoms with Crippen molar-refractivity contribution in [2.45, 2.75) is 50.3 Å². The molecular formula is C17H25NO2. The quantitative estimate of drug-likeness (QED) is 0.917. The van der Waals surface area contributed by atoms with E-state index in [0.29, 0.717) is 12.1 Å². The molecule has 1 N–H and O–H groups in total. The number of hydrogen-bond acceptors (Lipinski definition) is 3. The summed E-state index contributed by atoms with van der Waals surface area (Å²) in [5, 5.41) is 10.5. The van der Waals surface area contributed by atoms with Crippen LogP contribution in [0.3, 0.4) is 0 Å². The maximum atomic E-state index is 10.5. The minimum Gasteiger partial charge on any atom is -0.388 e. The molecule has 0 amide bonds. The third-order valence-corrected chi connectivity index (χ3v) is 4.75. The van der Waals surface area contributed by atoms with Crippen molar-refractivity contribution in [1.82, 2.24) is 4.90 Å². The molecule has 1 aromatic carbocycles. The Morgan fingerprint density at radius 2 is 1.95 bits per heavy atom. The lowest BCUT2D eigenvalue weighted by atomic mass is 9.99. The molecule has 3 heteroatoms. The Morgan fingerprint density at radius 1 is 1.20 bits per heavy atom. The number of aliphatic hydroxyl groups is 1. The third kappa shape index (κ3) is 3.22. The number of nitrogens with zero attached hydrogens (tertiary/aromatic N) is 1. The van der Waals surface area contributed by atoms with E-state index in [0.717, 1.165) is 31.7 Å². The molecule has 1 heterocycles. The van der Waals surface area contributed by atoms with E-state index in [9.17, 15) is 5.11 Å². The molecule has 110 valence electrons. The summed E-state index contributed by atoms with van der Waals surface area (Å²) >= 11 is 0. The Labute approximate surface area is 121 Å². The monoisotopic (exact) mass is 275 g/mol. The van der Waals surface area contributed by atoms with Gasteiger partial charge in [-0.25, -0.2) is 0 Å². The topological polar surface area (TPSA) is 32.7 Å². The Kier molecular flexibility index (Phi) is 4.71. The van der Waals surface area contributed by atoms with Gasteiger partial charge >= 0.3 is 0 Å². The first-order valence-electron chi connectivity index (χ1n) is 7.91. The van der Waals surface area contributed by atoms with Gasteiger partial charge in [0.1, 0.15) is 0 Å². The average molecular weight is 275 g/mol. The predicted molar refractivity (Wildman–Crippen MR) is 79.6 cm³/mol. The molecule has 2 aliphatic rings. The van der Waals surface area contributed by atoms with Crippen LogP contribution in [-0.4, -0.2) is 41.8 Å². The van der Waals surface area contributed by atoms with Crippen molar-refractivity contribution in [1.29, 1.82) is 0 Å². The summed E-state index contributed by atoms with van der Waals surface area (Å²) in [5.74, 6) is 0. The van der Waals surface area contributed by atoms with Gasteiger partial charge in [0.05, 0.1) is 19.3 Å². The van der Waals surface area contributed by atoms with Gasteiger partial charge in [-0.05, 0) is 24.8 Å². The van der Waals surface area contributed by atoms with E-state index in [1.807, 2.05) is 30.3 Å². The van der Waals surface area contributed by atoms with E-state index in [-0.39, 0.29) is 6.10 Å². The number of hydrogen-bond donors (Lipinski definition) is 1.